The van der Waals surface area contributed by atoms with E-state index in [1.54, 1.807) is 7.11 Å². The Morgan fingerprint density at radius 1 is 1.10 bits per heavy atom. The number of carbonyl (C=O) groups is 2. The molecule has 0 spiro atoms. The van der Waals surface area contributed by atoms with Crippen LogP contribution in [0, 0.1) is 0 Å². The molecular weight excluding hydrogens is 380 g/mol. The Kier molecular flexibility index (Phi) is 11.9. The van der Waals surface area contributed by atoms with Crippen molar-refractivity contribution < 1.29 is 34.4 Å². The lowest BCUT2D eigenvalue weighted by Crippen LogP contribution is -2.35. The van der Waals surface area contributed by atoms with Crippen LogP contribution in [-0.4, -0.2) is 65.2 Å². The molecule has 166 valence electrons. The van der Waals surface area contributed by atoms with Crippen molar-refractivity contribution in [2.75, 3.05) is 20.3 Å². The minimum atomic E-state index is -1.82. The number of aliphatic hydroxyl groups is 1. The van der Waals surface area contributed by atoms with Gasteiger partial charge in [-0.1, -0.05) is 19.9 Å². The summed E-state index contributed by atoms with van der Waals surface area (Å²) >= 11 is 0. The number of aliphatic carboxylic acids is 2. The number of rotatable bonds is 9. The van der Waals surface area contributed by atoms with Crippen molar-refractivity contribution in [2.24, 2.45) is 0 Å². The molecule has 0 heterocycles. The molecule has 0 aliphatic heterocycles. The van der Waals surface area contributed by atoms with E-state index >= 15 is 0 Å². The van der Waals surface area contributed by atoms with Gasteiger partial charge in [0.2, 0.25) is 0 Å². The molecule has 5 N–H and O–H groups in total. The molecule has 1 aromatic rings. The molecule has 0 amide bonds. The molecule has 0 radical (unpaired) electrons. The molecule has 1 rings (SSSR count). The van der Waals surface area contributed by atoms with Crippen LogP contribution < -0.4 is 20.1 Å². The summed E-state index contributed by atoms with van der Waals surface area (Å²) in [6.07, 6.45) is -0.552. The topological polar surface area (TPSA) is 137 Å². The quantitative estimate of drug-likeness (QED) is 0.380. The van der Waals surface area contributed by atoms with Crippen LogP contribution >= 0.6 is 0 Å². The van der Waals surface area contributed by atoms with E-state index in [2.05, 4.69) is 31.4 Å². The van der Waals surface area contributed by atoms with E-state index in [0.29, 0.717) is 24.1 Å². The second-order valence-corrected chi connectivity index (χ2v) is 7.73. The number of benzene rings is 1. The van der Waals surface area contributed by atoms with E-state index in [1.807, 2.05) is 32.0 Å². The Bertz CT molecular complexity index is 630. The highest BCUT2D eigenvalue weighted by atomic mass is 16.5. The minimum Gasteiger partial charge on any atom is -0.493 e. The third-order valence-electron chi connectivity index (χ3n) is 3.43. The maximum atomic E-state index is 9.91. The van der Waals surface area contributed by atoms with Crippen LogP contribution in [0.4, 0.5) is 0 Å². The second kappa shape index (κ2) is 13.0. The monoisotopic (exact) mass is 414 g/mol. The Morgan fingerprint density at radius 2 is 1.69 bits per heavy atom. The zero-order valence-electron chi connectivity index (χ0n) is 18.0. The number of nitrogens with one attached hydrogen (secondary N) is 2. The highest BCUT2D eigenvalue weighted by Crippen LogP contribution is 2.28. The maximum Gasteiger partial charge on any atom is 0.414 e. The summed E-state index contributed by atoms with van der Waals surface area (Å²) in [6, 6.07) is 6.21. The van der Waals surface area contributed by atoms with Crippen LogP contribution in [0.3, 0.4) is 0 Å². The molecular formula is C20H34N2O7. The molecule has 9 heteroatoms. The number of carboxylic acids is 2. The van der Waals surface area contributed by atoms with Gasteiger partial charge in [0.05, 0.1) is 7.11 Å². The van der Waals surface area contributed by atoms with Crippen LogP contribution in [-0.2, 0) is 16.1 Å². The van der Waals surface area contributed by atoms with E-state index < -0.39 is 18.0 Å². The summed E-state index contributed by atoms with van der Waals surface area (Å²) in [6.45, 7) is 12.0. The van der Waals surface area contributed by atoms with Crippen molar-refractivity contribution in [1.82, 2.24) is 10.6 Å². The molecule has 0 aliphatic rings. The van der Waals surface area contributed by atoms with Gasteiger partial charge in [0.25, 0.3) is 0 Å². The first-order chi connectivity index (χ1) is 13.4. The molecule has 0 saturated carbocycles. The zero-order valence-corrected chi connectivity index (χ0v) is 18.0. The lowest BCUT2D eigenvalue weighted by molar-refractivity contribution is -0.159. The van der Waals surface area contributed by atoms with E-state index in [1.165, 1.54) is 0 Å². The SMILES string of the molecule is COc1cc(CNC(C)(C)C)ccc1OCC(O)CNC(C)C.O=C(O)C(=O)O. The van der Waals surface area contributed by atoms with Gasteiger partial charge in [0.1, 0.15) is 12.7 Å². The summed E-state index contributed by atoms with van der Waals surface area (Å²) in [5, 5.41) is 31.3. The summed E-state index contributed by atoms with van der Waals surface area (Å²) in [4.78, 5) is 18.2. The van der Waals surface area contributed by atoms with Gasteiger partial charge in [-0.15, -0.1) is 0 Å². The summed E-state index contributed by atoms with van der Waals surface area (Å²) < 4.78 is 11.1. The van der Waals surface area contributed by atoms with Gasteiger partial charge in [-0.25, -0.2) is 9.59 Å². The molecule has 29 heavy (non-hydrogen) atoms. The molecule has 0 aromatic heterocycles. The van der Waals surface area contributed by atoms with Crippen molar-refractivity contribution in [3.63, 3.8) is 0 Å². The van der Waals surface area contributed by atoms with Crippen molar-refractivity contribution in [1.29, 1.82) is 0 Å². The Balaban J connectivity index is 0.00000113. The first-order valence-corrected chi connectivity index (χ1v) is 9.28. The summed E-state index contributed by atoms with van der Waals surface area (Å²) in [5.41, 5.74) is 1.20. The molecule has 0 fully saturated rings. The number of hydrogen-bond acceptors (Lipinski definition) is 7. The van der Waals surface area contributed by atoms with Crippen LogP contribution in [0.2, 0.25) is 0 Å². The lowest BCUT2D eigenvalue weighted by atomic mass is 10.1. The van der Waals surface area contributed by atoms with E-state index in [9.17, 15) is 5.11 Å². The molecule has 0 saturated heterocycles. The average Bonchev–Trinajstić information content (AvgIpc) is 2.62. The second-order valence-electron chi connectivity index (χ2n) is 7.73. The van der Waals surface area contributed by atoms with Crippen LogP contribution in [0.1, 0.15) is 40.2 Å². The lowest BCUT2D eigenvalue weighted by Gasteiger charge is -2.21. The van der Waals surface area contributed by atoms with Crippen LogP contribution in [0.5, 0.6) is 11.5 Å². The van der Waals surface area contributed by atoms with Crippen molar-refractivity contribution in [2.45, 2.75) is 58.8 Å². The van der Waals surface area contributed by atoms with Gasteiger partial charge in [-0.2, -0.15) is 0 Å². The number of hydrogen-bond donors (Lipinski definition) is 5. The zero-order chi connectivity index (χ0) is 22.6. The molecule has 0 bridgehead atoms. The van der Waals surface area contributed by atoms with E-state index in [0.717, 1.165) is 12.1 Å². The minimum absolute atomic E-state index is 0.0654. The number of methoxy groups -OCH3 is 1. The van der Waals surface area contributed by atoms with Gasteiger partial charge in [-0.3, -0.25) is 0 Å². The molecule has 9 nitrogen and oxygen atoms in total. The van der Waals surface area contributed by atoms with Gasteiger partial charge >= 0.3 is 11.9 Å². The van der Waals surface area contributed by atoms with Gasteiger partial charge < -0.3 is 35.4 Å². The van der Waals surface area contributed by atoms with Crippen molar-refractivity contribution in [3.8, 4) is 11.5 Å². The largest absolute Gasteiger partial charge is 0.493 e. The summed E-state index contributed by atoms with van der Waals surface area (Å²) in [5.74, 6) is -2.32. The van der Waals surface area contributed by atoms with Crippen molar-refractivity contribution >= 4 is 11.9 Å². The molecule has 1 aromatic carbocycles. The predicted octanol–water partition coefficient (Wildman–Crippen LogP) is 1.48. The van der Waals surface area contributed by atoms with E-state index in [4.69, 9.17) is 29.3 Å². The van der Waals surface area contributed by atoms with Gasteiger partial charge in [0.15, 0.2) is 11.5 Å². The average molecular weight is 414 g/mol. The van der Waals surface area contributed by atoms with Crippen molar-refractivity contribution in [3.05, 3.63) is 23.8 Å². The predicted molar refractivity (Wildman–Crippen MR) is 109 cm³/mol. The molecule has 1 unspecified atom stereocenters. The number of carboxylic acid groups (broad SMARTS) is 2. The van der Waals surface area contributed by atoms with Crippen LogP contribution in [0.25, 0.3) is 0 Å². The number of ether oxygens (including phenoxy) is 2. The fourth-order valence-electron chi connectivity index (χ4n) is 1.93. The normalized spacial score (nSPS) is 12.0. The summed E-state index contributed by atoms with van der Waals surface area (Å²) in [7, 11) is 1.62. The highest BCUT2D eigenvalue weighted by Gasteiger charge is 2.12. The fourth-order valence-corrected chi connectivity index (χ4v) is 1.93. The van der Waals surface area contributed by atoms with E-state index in [-0.39, 0.29) is 12.1 Å². The van der Waals surface area contributed by atoms with Gasteiger partial charge in [0, 0.05) is 24.7 Å². The highest BCUT2D eigenvalue weighted by molar-refractivity contribution is 6.27. The van der Waals surface area contributed by atoms with Gasteiger partial charge in [-0.05, 0) is 38.5 Å². The fraction of sp³-hybridized carbons (Fsp3) is 0.600. The smallest absolute Gasteiger partial charge is 0.414 e. The Labute approximate surface area is 172 Å². The Morgan fingerprint density at radius 3 is 2.14 bits per heavy atom. The Hall–Kier alpha value is -2.36. The maximum absolute atomic E-state index is 9.91. The number of aliphatic hydroxyl groups excluding tert-OH is 1. The molecule has 0 aliphatic carbocycles. The first-order valence-electron chi connectivity index (χ1n) is 9.28. The third-order valence-corrected chi connectivity index (χ3v) is 3.43. The first kappa shape index (κ1) is 26.6. The standard InChI is InChI=1S/C18H32N2O3.C2H2O4/c1-13(2)19-11-15(21)12-23-16-8-7-14(9-17(16)22-6)10-20-18(3,4)5;3-1(4)2(5)6/h7-9,13,15,19-21H,10-12H2,1-6H3;(H,3,4)(H,5,6). The third kappa shape index (κ3) is 13.4. The molecule has 1 atom stereocenters. The van der Waals surface area contributed by atoms with Crippen LogP contribution in [0.15, 0.2) is 18.2 Å².